The molecule has 4 nitrogen and oxygen atoms in total. The molecule has 0 aliphatic carbocycles. The average Bonchev–Trinajstić information content (AvgIpc) is 2.91. The van der Waals surface area contributed by atoms with E-state index in [1.165, 1.54) is 25.9 Å². The Bertz CT molecular complexity index is 440. The Labute approximate surface area is 114 Å². The van der Waals surface area contributed by atoms with Gasteiger partial charge in [-0.1, -0.05) is 12.1 Å². The molecule has 1 aliphatic rings. The van der Waals surface area contributed by atoms with E-state index in [0.29, 0.717) is 17.9 Å². The molecule has 0 unspecified atom stereocenters. The fraction of sp³-hybridized carbons (Fsp3) is 0.533. The standard InChI is InChI=1S/C15H22N2O2/c1-12-6-4-7-13(14(12)16)15(18)19-11-5-10-17-8-2-3-9-17/h4,6-7H,2-3,5,8-11,16H2,1H3. The summed E-state index contributed by atoms with van der Waals surface area (Å²) in [6, 6.07) is 5.43. The number of hydrogen-bond acceptors (Lipinski definition) is 4. The highest BCUT2D eigenvalue weighted by Crippen LogP contribution is 2.17. The van der Waals surface area contributed by atoms with Crippen molar-refractivity contribution in [2.75, 3.05) is 32.0 Å². The number of carbonyl (C=O) groups is 1. The molecular weight excluding hydrogens is 240 g/mol. The van der Waals surface area contributed by atoms with Crippen LogP contribution in [0.25, 0.3) is 0 Å². The quantitative estimate of drug-likeness (QED) is 0.502. The zero-order valence-electron chi connectivity index (χ0n) is 11.5. The summed E-state index contributed by atoms with van der Waals surface area (Å²) in [5.74, 6) is -0.317. The minimum absolute atomic E-state index is 0.317. The van der Waals surface area contributed by atoms with Crippen molar-refractivity contribution >= 4 is 11.7 Å². The second kappa shape index (κ2) is 6.57. The molecule has 0 radical (unpaired) electrons. The lowest BCUT2D eigenvalue weighted by atomic mass is 10.1. The summed E-state index contributed by atoms with van der Waals surface area (Å²) < 4.78 is 5.28. The van der Waals surface area contributed by atoms with Crippen molar-refractivity contribution in [3.05, 3.63) is 29.3 Å². The summed E-state index contributed by atoms with van der Waals surface area (Å²) >= 11 is 0. The van der Waals surface area contributed by atoms with Gasteiger partial charge in [0.25, 0.3) is 0 Å². The van der Waals surface area contributed by atoms with E-state index in [2.05, 4.69) is 4.90 Å². The smallest absolute Gasteiger partial charge is 0.340 e. The van der Waals surface area contributed by atoms with Crippen LogP contribution in [-0.4, -0.2) is 37.1 Å². The summed E-state index contributed by atoms with van der Waals surface area (Å²) in [5, 5.41) is 0. The van der Waals surface area contributed by atoms with Gasteiger partial charge >= 0.3 is 5.97 Å². The molecule has 1 aliphatic heterocycles. The molecule has 0 amide bonds. The number of hydrogen-bond donors (Lipinski definition) is 1. The zero-order chi connectivity index (χ0) is 13.7. The Balaban J connectivity index is 1.76. The highest BCUT2D eigenvalue weighted by atomic mass is 16.5. The first kappa shape index (κ1) is 13.9. The second-order valence-corrected chi connectivity index (χ2v) is 5.07. The van der Waals surface area contributed by atoms with Gasteiger partial charge in [-0.3, -0.25) is 0 Å². The summed E-state index contributed by atoms with van der Waals surface area (Å²) in [5.41, 5.74) is 7.78. The van der Waals surface area contributed by atoms with Crippen LogP contribution in [0.5, 0.6) is 0 Å². The fourth-order valence-corrected chi connectivity index (χ4v) is 2.40. The highest BCUT2D eigenvalue weighted by molar-refractivity contribution is 5.95. The summed E-state index contributed by atoms with van der Waals surface area (Å²) in [6.07, 6.45) is 3.47. The van der Waals surface area contributed by atoms with Gasteiger partial charge in [-0.15, -0.1) is 0 Å². The van der Waals surface area contributed by atoms with Gasteiger partial charge in [-0.05, 0) is 50.9 Å². The number of rotatable bonds is 5. The molecule has 2 rings (SSSR count). The van der Waals surface area contributed by atoms with Crippen LogP contribution in [0.1, 0.15) is 35.2 Å². The Morgan fingerprint density at radius 1 is 1.37 bits per heavy atom. The predicted octanol–water partition coefficient (Wildman–Crippen LogP) is 2.22. The summed E-state index contributed by atoms with van der Waals surface area (Å²) in [6.45, 7) is 5.72. The number of aryl methyl sites for hydroxylation is 1. The van der Waals surface area contributed by atoms with Crippen LogP contribution in [0.2, 0.25) is 0 Å². The molecule has 1 fully saturated rings. The van der Waals surface area contributed by atoms with Crippen molar-refractivity contribution in [3.63, 3.8) is 0 Å². The maximum absolute atomic E-state index is 11.9. The number of nitrogens with two attached hydrogens (primary N) is 1. The van der Waals surface area contributed by atoms with E-state index >= 15 is 0 Å². The number of ether oxygens (including phenoxy) is 1. The number of esters is 1. The van der Waals surface area contributed by atoms with E-state index < -0.39 is 0 Å². The Kier molecular flexibility index (Phi) is 4.80. The van der Waals surface area contributed by atoms with Crippen LogP contribution >= 0.6 is 0 Å². The molecule has 0 aromatic heterocycles. The SMILES string of the molecule is Cc1cccc(C(=O)OCCCN2CCCC2)c1N. The van der Waals surface area contributed by atoms with Crippen molar-refractivity contribution in [1.29, 1.82) is 0 Å². The molecule has 0 saturated carbocycles. The molecular formula is C15H22N2O2. The minimum Gasteiger partial charge on any atom is -0.462 e. The van der Waals surface area contributed by atoms with Crippen molar-refractivity contribution < 1.29 is 9.53 Å². The number of nitrogens with zero attached hydrogens (tertiary/aromatic N) is 1. The highest BCUT2D eigenvalue weighted by Gasteiger charge is 2.13. The molecule has 1 saturated heterocycles. The molecule has 0 atom stereocenters. The molecule has 0 spiro atoms. The first-order valence-corrected chi connectivity index (χ1v) is 6.93. The lowest BCUT2D eigenvalue weighted by Crippen LogP contribution is -2.22. The van der Waals surface area contributed by atoms with Gasteiger partial charge in [-0.2, -0.15) is 0 Å². The van der Waals surface area contributed by atoms with Gasteiger partial charge in [0.05, 0.1) is 12.2 Å². The molecule has 1 heterocycles. The molecule has 0 bridgehead atoms. The van der Waals surface area contributed by atoms with Gasteiger partial charge in [0.2, 0.25) is 0 Å². The van der Waals surface area contributed by atoms with Crippen molar-refractivity contribution in [3.8, 4) is 0 Å². The van der Waals surface area contributed by atoms with E-state index in [9.17, 15) is 4.79 Å². The van der Waals surface area contributed by atoms with Crippen LogP contribution in [-0.2, 0) is 4.74 Å². The molecule has 2 N–H and O–H groups in total. The van der Waals surface area contributed by atoms with E-state index in [1.807, 2.05) is 19.1 Å². The number of nitrogen functional groups attached to an aromatic ring is 1. The Hall–Kier alpha value is -1.55. The molecule has 1 aromatic rings. The number of benzene rings is 1. The maximum Gasteiger partial charge on any atom is 0.340 e. The first-order valence-electron chi connectivity index (χ1n) is 6.93. The number of likely N-dealkylation sites (tertiary alicyclic amines) is 1. The monoisotopic (exact) mass is 262 g/mol. The normalized spacial score (nSPS) is 15.6. The van der Waals surface area contributed by atoms with Gasteiger partial charge in [0.15, 0.2) is 0 Å². The van der Waals surface area contributed by atoms with Crippen molar-refractivity contribution in [2.24, 2.45) is 0 Å². The van der Waals surface area contributed by atoms with Gasteiger partial charge in [0, 0.05) is 12.2 Å². The summed E-state index contributed by atoms with van der Waals surface area (Å²) in [7, 11) is 0. The fourth-order valence-electron chi connectivity index (χ4n) is 2.40. The van der Waals surface area contributed by atoms with Gasteiger partial charge < -0.3 is 15.4 Å². The van der Waals surface area contributed by atoms with Crippen LogP contribution < -0.4 is 5.73 Å². The Morgan fingerprint density at radius 3 is 2.84 bits per heavy atom. The van der Waals surface area contributed by atoms with Crippen LogP contribution in [0, 0.1) is 6.92 Å². The van der Waals surface area contributed by atoms with E-state index in [0.717, 1.165) is 18.5 Å². The molecule has 1 aromatic carbocycles. The van der Waals surface area contributed by atoms with Crippen LogP contribution in [0.15, 0.2) is 18.2 Å². The minimum atomic E-state index is -0.317. The summed E-state index contributed by atoms with van der Waals surface area (Å²) in [4.78, 5) is 14.3. The number of para-hydroxylation sites is 1. The lowest BCUT2D eigenvalue weighted by molar-refractivity contribution is 0.0492. The van der Waals surface area contributed by atoms with Crippen LogP contribution in [0.4, 0.5) is 5.69 Å². The zero-order valence-corrected chi connectivity index (χ0v) is 11.5. The van der Waals surface area contributed by atoms with Crippen molar-refractivity contribution in [1.82, 2.24) is 4.90 Å². The lowest BCUT2D eigenvalue weighted by Gasteiger charge is -2.14. The molecule has 104 valence electrons. The van der Waals surface area contributed by atoms with Gasteiger partial charge in [0.1, 0.15) is 0 Å². The van der Waals surface area contributed by atoms with E-state index in [4.69, 9.17) is 10.5 Å². The number of carbonyl (C=O) groups excluding carboxylic acids is 1. The van der Waals surface area contributed by atoms with Crippen molar-refractivity contribution in [2.45, 2.75) is 26.2 Å². The van der Waals surface area contributed by atoms with E-state index in [-0.39, 0.29) is 5.97 Å². The first-order chi connectivity index (χ1) is 9.18. The Morgan fingerprint density at radius 2 is 2.11 bits per heavy atom. The third kappa shape index (κ3) is 3.70. The average molecular weight is 262 g/mol. The largest absolute Gasteiger partial charge is 0.462 e. The second-order valence-electron chi connectivity index (χ2n) is 5.07. The van der Waals surface area contributed by atoms with Crippen LogP contribution in [0.3, 0.4) is 0 Å². The topological polar surface area (TPSA) is 55.6 Å². The third-order valence-electron chi connectivity index (χ3n) is 3.59. The maximum atomic E-state index is 11.9. The van der Waals surface area contributed by atoms with E-state index in [1.54, 1.807) is 6.07 Å². The molecule has 19 heavy (non-hydrogen) atoms. The van der Waals surface area contributed by atoms with Gasteiger partial charge in [-0.25, -0.2) is 4.79 Å². The molecule has 4 heteroatoms. The number of anilines is 1. The third-order valence-corrected chi connectivity index (χ3v) is 3.59. The predicted molar refractivity (Wildman–Crippen MR) is 76.2 cm³/mol.